The number of hydrogen-bond donors (Lipinski definition) is 2. The lowest BCUT2D eigenvalue weighted by Crippen LogP contribution is -2.42. The van der Waals surface area contributed by atoms with Gasteiger partial charge in [-0.1, -0.05) is 27.5 Å². The summed E-state index contributed by atoms with van der Waals surface area (Å²) >= 11 is 9.11. The number of nitrogens with zero attached hydrogens (tertiary/aromatic N) is 2. The monoisotopic (exact) mass is 375 g/mol. The Morgan fingerprint density at radius 1 is 1.52 bits per heavy atom. The lowest BCUT2D eigenvalue weighted by Gasteiger charge is -2.25. The molecule has 114 valence electrons. The predicted octanol–water partition coefficient (Wildman–Crippen LogP) is 1.59. The molecule has 0 aliphatic carbocycles. The number of carbonyl (C=O) groups excluding carboxylic acids is 1. The largest absolute Gasteiger partial charge is 0.506 e. The third-order valence-electron chi connectivity index (χ3n) is 2.92. The van der Waals surface area contributed by atoms with Crippen molar-refractivity contribution in [3.63, 3.8) is 0 Å². The van der Waals surface area contributed by atoms with Crippen LogP contribution in [0, 0.1) is 0 Å². The van der Waals surface area contributed by atoms with Gasteiger partial charge in [-0.25, -0.2) is 5.43 Å². The molecule has 0 atom stereocenters. The van der Waals surface area contributed by atoms with E-state index in [1.807, 2.05) is 4.90 Å². The Kier molecular flexibility index (Phi) is 5.98. The molecule has 0 radical (unpaired) electrons. The van der Waals surface area contributed by atoms with Gasteiger partial charge in [-0.2, -0.15) is 5.10 Å². The summed E-state index contributed by atoms with van der Waals surface area (Å²) in [5, 5.41) is 13.8. The van der Waals surface area contributed by atoms with Crippen molar-refractivity contribution in [3.8, 4) is 5.75 Å². The van der Waals surface area contributed by atoms with E-state index in [1.54, 1.807) is 12.1 Å². The average Bonchev–Trinajstić information content (AvgIpc) is 2.45. The zero-order valence-corrected chi connectivity index (χ0v) is 13.5. The smallest absolute Gasteiger partial charge is 0.254 e. The fourth-order valence-corrected chi connectivity index (χ4v) is 2.69. The molecule has 1 amide bonds. The van der Waals surface area contributed by atoms with Crippen LogP contribution >= 0.6 is 27.5 Å². The minimum atomic E-state index is -0.214. The van der Waals surface area contributed by atoms with E-state index in [-0.39, 0.29) is 23.2 Å². The van der Waals surface area contributed by atoms with Crippen LogP contribution in [-0.2, 0) is 9.53 Å². The number of rotatable bonds is 4. The van der Waals surface area contributed by atoms with Crippen molar-refractivity contribution in [3.05, 3.63) is 27.2 Å². The number of aromatic hydroxyl groups is 1. The van der Waals surface area contributed by atoms with Gasteiger partial charge in [0.2, 0.25) is 0 Å². The molecular weight excluding hydrogens is 362 g/mol. The molecule has 0 unspecified atom stereocenters. The highest BCUT2D eigenvalue weighted by Crippen LogP contribution is 2.30. The molecule has 1 aliphatic rings. The van der Waals surface area contributed by atoms with E-state index in [4.69, 9.17) is 16.3 Å². The number of ether oxygens (including phenoxy) is 1. The number of phenols is 1. The number of nitrogens with one attached hydrogen (secondary N) is 1. The van der Waals surface area contributed by atoms with Crippen LogP contribution in [0.15, 0.2) is 21.7 Å². The Morgan fingerprint density at radius 3 is 2.95 bits per heavy atom. The minimum absolute atomic E-state index is 0.0777. The van der Waals surface area contributed by atoms with Gasteiger partial charge in [0, 0.05) is 23.1 Å². The molecule has 1 heterocycles. The summed E-state index contributed by atoms with van der Waals surface area (Å²) < 4.78 is 5.92. The molecule has 2 N–H and O–H groups in total. The lowest BCUT2D eigenvalue weighted by atomic mass is 10.2. The van der Waals surface area contributed by atoms with Gasteiger partial charge in [0.05, 0.1) is 31.0 Å². The van der Waals surface area contributed by atoms with Crippen molar-refractivity contribution < 1.29 is 14.6 Å². The van der Waals surface area contributed by atoms with Crippen LogP contribution in [0.25, 0.3) is 0 Å². The van der Waals surface area contributed by atoms with Gasteiger partial charge in [-0.3, -0.25) is 9.69 Å². The summed E-state index contributed by atoms with van der Waals surface area (Å²) in [6.45, 7) is 3.02. The van der Waals surface area contributed by atoms with Crippen LogP contribution < -0.4 is 5.43 Å². The van der Waals surface area contributed by atoms with Crippen LogP contribution in [0.4, 0.5) is 0 Å². The summed E-state index contributed by atoms with van der Waals surface area (Å²) in [7, 11) is 0. The van der Waals surface area contributed by atoms with E-state index in [0.717, 1.165) is 13.1 Å². The normalized spacial score (nSPS) is 16.3. The number of phenolic OH excluding ortho intramolecular Hbond substituents is 1. The van der Waals surface area contributed by atoms with E-state index in [1.165, 1.54) is 6.21 Å². The van der Waals surface area contributed by atoms with Crippen LogP contribution in [-0.4, -0.2) is 55.0 Å². The summed E-state index contributed by atoms with van der Waals surface area (Å²) in [6.07, 6.45) is 1.35. The number of benzene rings is 1. The first-order valence-electron chi connectivity index (χ1n) is 6.36. The number of carbonyl (C=O) groups is 1. The summed E-state index contributed by atoms with van der Waals surface area (Å²) in [4.78, 5) is 13.7. The average molecular weight is 377 g/mol. The summed E-state index contributed by atoms with van der Waals surface area (Å²) in [5.41, 5.74) is 2.84. The third kappa shape index (κ3) is 4.96. The first kappa shape index (κ1) is 16.2. The number of halogens is 2. The van der Waals surface area contributed by atoms with Gasteiger partial charge in [0.15, 0.2) is 0 Å². The van der Waals surface area contributed by atoms with Crippen LogP contribution in [0.2, 0.25) is 5.02 Å². The summed E-state index contributed by atoms with van der Waals surface area (Å²) in [6, 6.07) is 3.23. The molecule has 1 aromatic carbocycles. The fraction of sp³-hybridized carbons (Fsp3) is 0.385. The third-order valence-corrected chi connectivity index (χ3v) is 3.67. The molecule has 0 spiro atoms. The van der Waals surface area contributed by atoms with Gasteiger partial charge >= 0.3 is 0 Å². The second kappa shape index (κ2) is 7.74. The van der Waals surface area contributed by atoms with E-state index >= 15 is 0 Å². The Balaban J connectivity index is 1.88. The lowest BCUT2D eigenvalue weighted by molar-refractivity contribution is -0.123. The van der Waals surface area contributed by atoms with Gasteiger partial charge in [-0.15, -0.1) is 0 Å². The molecule has 1 aromatic rings. The maximum atomic E-state index is 11.7. The second-order valence-corrected chi connectivity index (χ2v) is 5.83. The Morgan fingerprint density at radius 2 is 2.24 bits per heavy atom. The molecule has 0 saturated carbocycles. The molecule has 21 heavy (non-hydrogen) atoms. The maximum Gasteiger partial charge on any atom is 0.254 e. The molecule has 0 bridgehead atoms. The topological polar surface area (TPSA) is 74.2 Å². The predicted molar refractivity (Wildman–Crippen MR) is 83.8 cm³/mol. The van der Waals surface area contributed by atoms with E-state index < -0.39 is 0 Å². The number of morpholine rings is 1. The standard InChI is InChI=1S/C13H15BrClN3O3/c14-10-5-9(13(20)11(15)6-10)7-16-17-12(19)8-18-1-3-21-4-2-18/h5-7,20H,1-4,8H2,(H,17,19). The zero-order valence-electron chi connectivity index (χ0n) is 11.2. The molecular formula is C13H15BrClN3O3. The summed E-state index contributed by atoms with van der Waals surface area (Å²) in [5.74, 6) is -0.292. The number of amides is 1. The first-order chi connectivity index (χ1) is 10.1. The van der Waals surface area contributed by atoms with E-state index in [9.17, 15) is 9.90 Å². The maximum absolute atomic E-state index is 11.7. The van der Waals surface area contributed by atoms with Gasteiger partial charge in [0.1, 0.15) is 5.75 Å². The van der Waals surface area contributed by atoms with Crippen molar-refractivity contribution in [1.29, 1.82) is 0 Å². The molecule has 8 heteroatoms. The van der Waals surface area contributed by atoms with Crippen LogP contribution in [0.1, 0.15) is 5.56 Å². The highest BCUT2D eigenvalue weighted by atomic mass is 79.9. The Hall–Kier alpha value is -1.15. The van der Waals surface area contributed by atoms with E-state index in [2.05, 4.69) is 26.5 Å². The fourth-order valence-electron chi connectivity index (χ4n) is 1.86. The molecule has 0 aromatic heterocycles. The Bertz CT molecular complexity index is 548. The highest BCUT2D eigenvalue weighted by Gasteiger charge is 2.13. The number of hydrogen-bond acceptors (Lipinski definition) is 5. The van der Waals surface area contributed by atoms with Gasteiger partial charge in [-0.05, 0) is 12.1 Å². The Labute approximate surface area is 135 Å². The van der Waals surface area contributed by atoms with E-state index in [0.29, 0.717) is 23.2 Å². The van der Waals surface area contributed by atoms with Crippen LogP contribution in [0.5, 0.6) is 5.75 Å². The van der Waals surface area contributed by atoms with Crippen molar-refractivity contribution in [2.24, 2.45) is 5.10 Å². The SMILES string of the molecule is O=C(CN1CCOCC1)NN=Cc1cc(Br)cc(Cl)c1O. The molecule has 6 nitrogen and oxygen atoms in total. The minimum Gasteiger partial charge on any atom is -0.506 e. The highest BCUT2D eigenvalue weighted by molar-refractivity contribution is 9.10. The van der Waals surface area contributed by atoms with Crippen molar-refractivity contribution in [2.45, 2.75) is 0 Å². The van der Waals surface area contributed by atoms with Crippen molar-refractivity contribution in [1.82, 2.24) is 10.3 Å². The molecule has 1 aliphatic heterocycles. The molecule has 1 saturated heterocycles. The van der Waals surface area contributed by atoms with Crippen molar-refractivity contribution in [2.75, 3.05) is 32.8 Å². The van der Waals surface area contributed by atoms with Gasteiger partial charge in [0.25, 0.3) is 5.91 Å². The molecule has 1 fully saturated rings. The first-order valence-corrected chi connectivity index (χ1v) is 7.53. The van der Waals surface area contributed by atoms with Gasteiger partial charge < -0.3 is 9.84 Å². The number of hydrazone groups is 1. The quantitative estimate of drug-likeness (QED) is 0.618. The zero-order chi connectivity index (χ0) is 15.2. The second-order valence-electron chi connectivity index (χ2n) is 4.51. The molecule has 2 rings (SSSR count). The van der Waals surface area contributed by atoms with Crippen LogP contribution in [0.3, 0.4) is 0 Å². The van der Waals surface area contributed by atoms with Crippen molar-refractivity contribution >= 4 is 39.7 Å².